The SMILES string of the molecule is CCNC(=O)[C@H](C)N(Cc1cccc(Br)c1)C(=O)CN(c1cccc(C(F)(F)F)c1)S(=O)(=O)c1ccccc1. The largest absolute Gasteiger partial charge is 0.416 e. The second-order valence-corrected chi connectivity index (χ2v) is 11.4. The van der Waals surface area contributed by atoms with Crippen LogP contribution in [0.2, 0.25) is 0 Å². The van der Waals surface area contributed by atoms with E-state index in [9.17, 15) is 31.2 Å². The summed E-state index contributed by atoms with van der Waals surface area (Å²) in [4.78, 5) is 27.4. The maximum absolute atomic E-state index is 13.7. The Hall–Kier alpha value is -3.38. The number of carbonyl (C=O) groups is 2. The number of sulfonamides is 1. The smallest absolute Gasteiger partial charge is 0.355 e. The number of nitrogens with zero attached hydrogens (tertiary/aromatic N) is 2. The molecule has 3 aromatic carbocycles. The van der Waals surface area contributed by atoms with Crippen molar-refractivity contribution >= 4 is 43.5 Å². The van der Waals surface area contributed by atoms with Crippen molar-refractivity contribution in [2.45, 2.75) is 37.5 Å². The molecule has 0 aliphatic rings. The summed E-state index contributed by atoms with van der Waals surface area (Å²) in [6, 6.07) is 16.9. The van der Waals surface area contributed by atoms with Crippen LogP contribution in [-0.4, -0.2) is 44.3 Å². The lowest BCUT2D eigenvalue weighted by Gasteiger charge is -2.32. The van der Waals surface area contributed by atoms with Gasteiger partial charge in [0.2, 0.25) is 11.8 Å². The lowest BCUT2D eigenvalue weighted by molar-refractivity contribution is -0.139. The molecular formula is C27H27BrF3N3O4S. The second kappa shape index (κ2) is 12.6. The average molecular weight is 626 g/mol. The van der Waals surface area contributed by atoms with Gasteiger partial charge in [-0.1, -0.05) is 52.3 Å². The summed E-state index contributed by atoms with van der Waals surface area (Å²) in [5.74, 6) is -1.23. The maximum Gasteiger partial charge on any atom is 0.416 e. The summed E-state index contributed by atoms with van der Waals surface area (Å²) in [5.41, 5.74) is -0.747. The van der Waals surface area contributed by atoms with Gasteiger partial charge >= 0.3 is 6.18 Å². The molecule has 0 aromatic heterocycles. The van der Waals surface area contributed by atoms with Crippen molar-refractivity contribution in [3.05, 3.63) is 94.5 Å². The molecular weight excluding hydrogens is 599 g/mol. The third kappa shape index (κ3) is 7.60. The molecule has 0 bridgehead atoms. The highest BCUT2D eigenvalue weighted by Crippen LogP contribution is 2.33. The van der Waals surface area contributed by atoms with Crippen LogP contribution in [0.15, 0.2) is 88.2 Å². The van der Waals surface area contributed by atoms with Gasteiger partial charge in [-0.2, -0.15) is 13.2 Å². The minimum Gasteiger partial charge on any atom is -0.355 e. The van der Waals surface area contributed by atoms with Gasteiger partial charge in [0.15, 0.2) is 0 Å². The number of hydrogen-bond acceptors (Lipinski definition) is 4. The quantitative estimate of drug-likeness (QED) is 0.335. The molecule has 0 saturated heterocycles. The van der Waals surface area contributed by atoms with E-state index in [4.69, 9.17) is 0 Å². The topological polar surface area (TPSA) is 86.8 Å². The molecule has 0 fully saturated rings. The number of anilines is 1. The van der Waals surface area contributed by atoms with E-state index in [1.165, 1.54) is 42.2 Å². The van der Waals surface area contributed by atoms with Crippen LogP contribution in [-0.2, 0) is 32.3 Å². The van der Waals surface area contributed by atoms with Crippen molar-refractivity contribution in [2.24, 2.45) is 0 Å². The molecule has 0 spiro atoms. The Morgan fingerprint density at radius 2 is 1.64 bits per heavy atom. The number of amides is 2. The lowest BCUT2D eigenvalue weighted by Crippen LogP contribution is -2.51. The van der Waals surface area contributed by atoms with Crippen LogP contribution < -0.4 is 9.62 Å². The number of carbonyl (C=O) groups excluding carboxylic acids is 2. The van der Waals surface area contributed by atoms with Gasteiger partial charge < -0.3 is 10.2 Å². The Bertz CT molecular complexity index is 1420. The van der Waals surface area contributed by atoms with Gasteiger partial charge in [-0.3, -0.25) is 13.9 Å². The Balaban J connectivity index is 2.08. The fourth-order valence-electron chi connectivity index (χ4n) is 3.82. The fraction of sp³-hybridized carbons (Fsp3) is 0.259. The van der Waals surface area contributed by atoms with Crippen LogP contribution in [0.4, 0.5) is 18.9 Å². The zero-order valence-electron chi connectivity index (χ0n) is 21.2. The molecule has 39 heavy (non-hydrogen) atoms. The van der Waals surface area contributed by atoms with Crippen molar-refractivity contribution in [3.63, 3.8) is 0 Å². The molecule has 3 aromatic rings. The lowest BCUT2D eigenvalue weighted by atomic mass is 10.1. The minimum absolute atomic E-state index is 0.0433. The number of alkyl halides is 3. The highest BCUT2D eigenvalue weighted by molar-refractivity contribution is 9.10. The van der Waals surface area contributed by atoms with Gasteiger partial charge in [-0.25, -0.2) is 8.42 Å². The van der Waals surface area contributed by atoms with E-state index in [0.29, 0.717) is 22.5 Å². The van der Waals surface area contributed by atoms with Gasteiger partial charge in [-0.15, -0.1) is 0 Å². The molecule has 1 N–H and O–H groups in total. The van der Waals surface area contributed by atoms with Crippen LogP contribution >= 0.6 is 15.9 Å². The molecule has 0 unspecified atom stereocenters. The average Bonchev–Trinajstić information content (AvgIpc) is 2.90. The molecule has 3 rings (SSSR count). The number of hydrogen-bond donors (Lipinski definition) is 1. The van der Waals surface area contributed by atoms with Gasteiger partial charge in [0.05, 0.1) is 16.1 Å². The molecule has 0 heterocycles. The predicted molar refractivity (Wildman–Crippen MR) is 145 cm³/mol. The van der Waals surface area contributed by atoms with E-state index in [-0.39, 0.29) is 17.1 Å². The fourth-order valence-corrected chi connectivity index (χ4v) is 5.70. The molecule has 0 radical (unpaired) electrons. The van der Waals surface area contributed by atoms with Gasteiger partial charge in [0.1, 0.15) is 12.6 Å². The summed E-state index contributed by atoms with van der Waals surface area (Å²) in [6.45, 7) is 2.64. The zero-order chi connectivity index (χ0) is 28.8. The van der Waals surface area contributed by atoms with E-state index in [2.05, 4.69) is 21.2 Å². The van der Waals surface area contributed by atoms with Gasteiger partial charge in [0, 0.05) is 17.6 Å². The second-order valence-electron chi connectivity index (χ2n) is 8.59. The summed E-state index contributed by atoms with van der Waals surface area (Å²) in [6.07, 6.45) is -4.73. The number of rotatable bonds is 10. The third-order valence-electron chi connectivity index (χ3n) is 5.83. The van der Waals surface area contributed by atoms with E-state index in [1.54, 1.807) is 37.3 Å². The highest BCUT2D eigenvalue weighted by atomic mass is 79.9. The highest BCUT2D eigenvalue weighted by Gasteiger charge is 2.35. The Kier molecular flexibility index (Phi) is 9.78. The van der Waals surface area contributed by atoms with Gasteiger partial charge in [0.25, 0.3) is 10.0 Å². The van der Waals surface area contributed by atoms with E-state index < -0.39 is 46.2 Å². The molecule has 0 aliphatic carbocycles. The molecule has 0 saturated carbocycles. The van der Waals surface area contributed by atoms with Crippen LogP contribution in [0.25, 0.3) is 0 Å². The maximum atomic E-state index is 13.7. The molecule has 208 valence electrons. The summed E-state index contributed by atoms with van der Waals surface area (Å²) in [7, 11) is -4.47. The number of likely N-dealkylation sites (N-methyl/N-ethyl adjacent to an activating group) is 1. The first kappa shape index (κ1) is 30.2. The first-order valence-electron chi connectivity index (χ1n) is 11.9. The van der Waals surface area contributed by atoms with Crippen LogP contribution in [0.1, 0.15) is 25.0 Å². The third-order valence-corrected chi connectivity index (χ3v) is 8.11. The van der Waals surface area contributed by atoms with E-state index in [0.717, 1.165) is 16.6 Å². The number of nitrogens with one attached hydrogen (secondary N) is 1. The van der Waals surface area contributed by atoms with Crippen molar-refractivity contribution in [1.82, 2.24) is 10.2 Å². The van der Waals surface area contributed by atoms with Crippen LogP contribution in [0.5, 0.6) is 0 Å². The molecule has 1 atom stereocenters. The number of halogens is 4. The Morgan fingerprint density at radius 1 is 0.974 bits per heavy atom. The molecule has 0 aliphatic heterocycles. The predicted octanol–water partition coefficient (Wildman–Crippen LogP) is 5.22. The van der Waals surface area contributed by atoms with Crippen LogP contribution in [0, 0.1) is 0 Å². The van der Waals surface area contributed by atoms with Crippen molar-refractivity contribution in [3.8, 4) is 0 Å². The van der Waals surface area contributed by atoms with Crippen LogP contribution in [0.3, 0.4) is 0 Å². The monoisotopic (exact) mass is 625 g/mol. The normalized spacial score (nSPS) is 12.5. The zero-order valence-corrected chi connectivity index (χ0v) is 23.6. The Morgan fingerprint density at radius 3 is 2.26 bits per heavy atom. The van der Waals surface area contributed by atoms with Crippen molar-refractivity contribution in [2.75, 3.05) is 17.4 Å². The number of benzene rings is 3. The van der Waals surface area contributed by atoms with Crippen molar-refractivity contribution in [1.29, 1.82) is 0 Å². The van der Waals surface area contributed by atoms with E-state index in [1.807, 2.05) is 0 Å². The summed E-state index contributed by atoms with van der Waals surface area (Å²) in [5, 5.41) is 2.64. The molecule has 7 nitrogen and oxygen atoms in total. The summed E-state index contributed by atoms with van der Waals surface area (Å²) >= 11 is 3.36. The molecule has 12 heteroatoms. The summed E-state index contributed by atoms with van der Waals surface area (Å²) < 4.78 is 69.1. The standard InChI is InChI=1S/C27H27BrF3N3O4S/c1-3-32-26(36)19(2)33(17-20-9-7-11-22(28)15-20)25(35)18-34(39(37,38)24-13-5-4-6-14-24)23-12-8-10-21(16-23)27(29,30)31/h4-16,19H,3,17-18H2,1-2H3,(H,32,36)/t19-/m0/s1. The molecule has 2 amide bonds. The van der Waals surface area contributed by atoms with Crippen molar-refractivity contribution < 1.29 is 31.2 Å². The van der Waals surface area contributed by atoms with Gasteiger partial charge in [-0.05, 0) is 61.9 Å². The first-order chi connectivity index (χ1) is 18.3. The first-order valence-corrected chi connectivity index (χ1v) is 14.1. The van der Waals surface area contributed by atoms with E-state index >= 15 is 0 Å². The minimum atomic E-state index is -4.73. The Labute approximate surface area is 233 Å².